The maximum atomic E-state index is 9.86. The van der Waals surface area contributed by atoms with Crippen molar-refractivity contribution < 1.29 is 9.84 Å². The van der Waals surface area contributed by atoms with Gasteiger partial charge in [-0.3, -0.25) is 0 Å². The summed E-state index contributed by atoms with van der Waals surface area (Å²) in [7, 11) is 0. The van der Waals surface area contributed by atoms with E-state index in [2.05, 4.69) is 38.1 Å². The molecule has 2 nitrogen and oxygen atoms in total. The van der Waals surface area contributed by atoms with E-state index in [1.807, 2.05) is 0 Å². The Bertz CT molecular complexity index is 358. The number of benzene rings is 1. The highest BCUT2D eigenvalue weighted by molar-refractivity contribution is 5.28. The van der Waals surface area contributed by atoms with Gasteiger partial charge in [0.2, 0.25) is 0 Å². The topological polar surface area (TPSA) is 29.5 Å². The molecule has 1 aromatic rings. The second kappa shape index (κ2) is 5.19. The molecule has 1 N–H and O–H groups in total. The molecule has 1 fully saturated rings. The van der Waals surface area contributed by atoms with Crippen LogP contribution in [0.5, 0.6) is 0 Å². The molecule has 0 bridgehead atoms. The molecule has 0 radical (unpaired) electrons. The molecule has 17 heavy (non-hydrogen) atoms. The van der Waals surface area contributed by atoms with E-state index in [4.69, 9.17) is 4.74 Å². The molecule has 1 aromatic carbocycles. The van der Waals surface area contributed by atoms with Crippen molar-refractivity contribution in [3.63, 3.8) is 0 Å². The molecule has 2 unspecified atom stereocenters. The number of aliphatic hydroxyl groups excluding tert-OH is 1. The van der Waals surface area contributed by atoms with Crippen molar-refractivity contribution in [2.75, 3.05) is 6.61 Å². The van der Waals surface area contributed by atoms with Gasteiger partial charge in [-0.05, 0) is 30.4 Å². The van der Waals surface area contributed by atoms with Crippen LogP contribution in [0, 0.1) is 0 Å². The fourth-order valence-corrected chi connectivity index (χ4v) is 2.63. The molecule has 1 saturated heterocycles. The van der Waals surface area contributed by atoms with E-state index < -0.39 is 0 Å². The molecule has 94 valence electrons. The lowest BCUT2D eigenvalue weighted by molar-refractivity contribution is -0.125. The largest absolute Gasteiger partial charge is 0.393 e. The Morgan fingerprint density at radius 3 is 2.53 bits per heavy atom. The number of aryl methyl sites for hydroxylation is 1. The van der Waals surface area contributed by atoms with Crippen molar-refractivity contribution >= 4 is 0 Å². The highest BCUT2D eigenvalue weighted by Crippen LogP contribution is 2.38. The van der Waals surface area contributed by atoms with Crippen LogP contribution >= 0.6 is 0 Å². The smallest absolute Gasteiger partial charge is 0.0953 e. The quantitative estimate of drug-likeness (QED) is 0.871. The third-order valence-corrected chi connectivity index (χ3v) is 3.85. The average Bonchev–Trinajstić information content (AvgIpc) is 2.38. The fraction of sp³-hybridized carbons (Fsp3) is 0.600. The Hall–Kier alpha value is -0.860. The molecule has 0 amide bonds. The van der Waals surface area contributed by atoms with Crippen molar-refractivity contribution in [2.45, 2.75) is 51.2 Å². The Morgan fingerprint density at radius 2 is 2.00 bits per heavy atom. The molecule has 0 saturated carbocycles. The number of hydrogen-bond acceptors (Lipinski definition) is 2. The number of hydrogen-bond donors (Lipinski definition) is 1. The minimum absolute atomic E-state index is 0.227. The van der Waals surface area contributed by atoms with Crippen LogP contribution in [-0.4, -0.2) is 17.8 Å². The van der Waals surface area contributed by atoms with Gasteiger partial charge in [-0.1, -0.05) is 38.1 Å². The molecule has 0 aliphatic carbocycles. The monoisotopic (exact) mass is 234 g/mol. The Labute approximate surface area is 104 Å². The molecule has 2 atom stereocenters. The Balaban J connectivity index is 2.26. The molecule has 2 heteroatoms. The second-order valence-electron chi connectivity index (χ2n) is 4.89. The highest BCUT2D eigenvalue weighted by Gasteiger charge is 2.36. The summed E-state index contributed by atoms with van der Waals surface area (Å²) in [5, 5.41) is 9.86. The van der Waals surface area contributed by atoms with Crippen LogP contribution in [0.1, 0.15) is 44.2 Å². The van der Waals surface area contributed by atoms with E-state index in [1.165, 1.54) is 11.1 Å². The van der Waals surface area contributed by atoms with Crippen LogP contribution in [0.4, 0.5) is 0 Å². The van der Waals surface area contributed by atoms with Crippen LogP contribution in [0.2, 0.25) is 0 Å². The summed E-state index contributed by atoms with van der Waals surface area (Å²) in [5.41, 5.74) is 2.27. The third kappa shape index (κ3) is 2.53. The first-order chi connectivity index (χ1) is 8.20. The highest BCUT2D eigenvalue weighted by atomic mass is 16.5. The molecular weight excluding hydrogens is 212 g/mol. The summed E-state index contributed by atoms with van der Waals surface area (Å²) in [6.45, 7) is 4.95. The number of ether oxygens (including phenoxy) is 1. The molecular formula is C15H22O2. The lowest BCUT2D eigenvalue weighted by Gasteiger charge is -2.39. The zero-order valence-electron chi connectivity index (χ0n) is 10.8. The van der Waals surface area contributed by atoms with Crippen molar-refractivity contribution in [1.29, 1.82) is 0 Å². The normalized spacial score (nSPS) is 29.2. The van der Waals surface area contributed by atoms with Gasteiger partial charge in [-0.25, -0.2) is 0 Å². The Kier molecular flexibility index (Phi) is 3.85. The first kappa shape index (κ1) is 12.6. The van der Waals surface area contributed by atoms with Crippen LogP contribution in [0.3, 0.4) is 0 Å². The lowest BCUT2D eigenvalue weighted by Crippen LogP contribution is -2.39. The van der Waals surface area contributed by atoms with Crippen LogP contribution < -0.4 is 0 Å². The van der Waals surface area contributed by atoms with Gasteiger partial charge in [0, 0.05) is 6.42 Å². The van der Waals surface area contributed by atoms with E-state index in [1.54, 1.807) is 0 Å². The summed E-state index contributed by atoms with van der Waals surface area (Å²) in [6, 6.07) is 8.63. The first-order valence-corrected chi connectivity index (χ1v) is 6.61. The molecule has 0 aromatic heterocycles. The van der Waals surface area contributed by atoms with Crippen molar-refractivity contribution in [1.82, 2.24) is 0 Å². The van der Waals surface area contributed by atoms with Gasteiger partial charge in [-0.2, -0.15) is 0 Å². The van der Waals surface area contributed by atoms with Gasteiger partial charge in [0.1, 0.15) is 0 Å². The first-order valence-electron chi connectivity index (χ1n) is 6.61. The van der Waals surface area contributed by atoms with Gasteiger partial charge < -0.3 is 9.84 Å². The fourth-order valence-electron chi connectivity index (χ4n) is 2.63. The van der Waals surface area contributed by atoms with Crippen molar-refractivity contribution in [3.05, 3.63) is 35.4 Å². The number of aliphatic hydroxyl groups is 1. The predicted molar refractivity (Wildman–Crippen MR) is 69.0 cm³/mol. The van der Waals surface area contributed by atoms with E-state index in [-0.39, 0.29) is 11.7 Å². The lowest BCUT2D eigenvalue weighted by atomic mass is 9.82. The van der Waals surface area contributed by atoms with E-state index in [9.17, 15) is 5.11 Å². The van der Waals surface area contributed by atoms with Gasteiger partial charge in [0.05, 0.1) is 18.3 Å². The zero-order chi connectivity index (χ0) is 12.3. The summed E-state index contributed by atoms with van der Waals surface area (Å²) in [6.07, 6.45) is 3.22. The van der Waals surface area contributed by atoms with Gasteiger partial charge in [0.25, 0.3) is 0 Å². The molecule has 1 aliphatic rings. The standard InChI is InChI=1S/C15H22O2/c1-3-12-5-7-13(8-6-12)15(4-2)11-14(16)9-10-17-15/h5-8,14,16H,3-4,9-11H2,1-2H3. The summed E-state index contributed by atoms with van der Waals surface area (Å²) in [5.74, 6) is 0. The molecule has 1 heterocycles. The SMILES string of the molecule is CCc1ccc(C2(CC)CC(O)CCO2)cc1. The van der Waals surface area contributed by atoms with Gasteiger partial charge in [-0.15, -0.1) is 0 Å². The van der Waals surface area contributed by atoms with E-state index in [0.717, 1.165) is 25.7 Å². The Morgan fingerprint density at radius 1 is 1.29 bits per heavy atom. The van der Waals surface area contributed by atoms with E-state index in [0.29, 0.717) is 6.61 Å². The van der Waals surface area contributed by atoms with Gasteiger partial charge in [0.15, 0.2) is 0 Å². The molecule has 1 aliphatic heterocycles. The maximum Gasteiger partial charge on any atom is 0.0953 e. The second-order valence-corrected chi connectivity index (χ2v) is 4.89. The third-order valence-electron chi connectivity index (χ3n) is 3.85. The average molecular weight is 234 g/mol. The van der Waals surface area contributed by atoms with E-state index >= 15 is 0 Å². The summed E-state index contributed by atoms with van der Waals surface area (Å²) >= 11 is 0. The summed E-state index contributed by atoms with van der Waals surface area (Å²) in [4.78, 5) is 0. The molecule has 2 rings (SSSR count). The van der Waals surface area contributed by atoms with Crippen molar-refractivity contribution in [2.24, 2.45) is 0 Å². The van der Waals surface area contributed by atoms with Crippen LogP contribution in [0.25, 0.3) is 0 Å². The zero-order valence-corrected chi connectivity index (χ0v) is 10.8. The maximum absolute atomic E-state index is 9.86. The minimum atomic E-state index is -0.274. The minimum Gasteiger partial charge on any atom is -0.393 e. The predicted octanol–water partition coefficient (Wildman–Crippen LogP) is 3.03. The van der Waals surface area contributed by atoms with Crippen LogP contribution in [-0.2, 0) is 16.8 Å². The van der Waals surface area contributed by atoms with Gasteiger partial charge >= 0.3 is 0 Å². The van der Waals surface area contributed by atoms with Crippen molar-refractivity contribution in [3.8, 4) is 0 Å². The number of rotatable bonds is 3. The van der Waals surface area contributed by atoms with Crippen LogP contribution in [0.15, 0.2) is 24.3 Å². The summed E-state index contributed by atoms with van der Waals surface area (Å²) < 4.78 is 5.98. The molecule has 0 spiro atoms.